The van der Waals surface area contributed by atoms with Gasteiger partial charge in [-0.05, 0) is 72.3 Å². The molecule has 0 atom stereocenters. The summed E-state index contributed by atoms with van der Waals surface area (Å²) in [5.74, 6) is 0.634. The van der Waals surface area contributed by atoms with Gasteiger partial charge in [0.1, 0.15) is 16.7 Å². The molecule has 7 aromatic carbocycles. The van der Waals surface area contributed by atoms with Gasteiger partial charge in [-0.2, -0.15) is 0 Å². The average molecular weight is 635 g/mol. The Kier molecular flexibility index (Phi) is 6.01. The van der Waals surface area contributed by atoms with E-state index in [0.29, 0.717) is 5.89 Å². The van der Waals surface area contributed by atoms with Crippen molar-refractivity contribution in [2.75, 3.05) is 4.90 Å². The van der Waals surface area contributed by atoms with Gasteiger partial charge in [0, 0.05) is 65.2 Å². The minimum atomic E-state index is 0.634. The van der Waals surface area contributed by atoms with E-state index in [2.05, 4.69) is 114 Å². The SMILES string of the molecule is c1ccc(-c2nc3cc(-c4ccc(N(c5ccccc5)c5ccc6c(c5)oc5ccccc56)cc4)c4sc5ccccc5c4c3o2)cc1. The molecular weight excluding hydrogens is 609 g/mol. The van der Waals surface area contributed by atoms with Crippen molar-refractivity contribution in [3.05, 3.63) is 158 Å². The number of hydrogen-bond donors (Lipinski definition) is 0. The maximum absolute atomic E-state index is 6.50. The van der Waals surface area contributed by atoms with Crippen LogP contribution < -0.4 is 4.90 Å². The van der Waals surface area contributed by atoms with Gasteiger partial charge in [0.25, 0.3) is 0 Å². The number of para-hydroxylation sites is 2. The summed E-state index contributed by atoms with van der Waals surface area (Å²) in [5.41, 5.74) is 9.86. The van der Waals surface area contributed by atoms with Gasteiger partial charge in [-0.25, -0.2) is 4.98 Å². The first-order chi connectivity index (χ1) is 23.8. The third-order valence-electron chi connectivity index (χ3n) is 9.09. The first kappa shape index (κ1) is 27.0. The molecule has 48 heavy (non-hydrogen) atoms. The van der Waals surface area contributed by atoms with Crippen LogP contribution in [0.25, 0.3) is 75.8 Å². The Morgan fingerprint density at radius 3 is 2.00 bits per heavy atom. The lowest BCUT2D eigenvalue weighted by Gasteiger charge is -2.25. The molecule has 3 heterocycles. The second kappa shape index (κ2) is 10.7. The molecule has 0 radical (unpaired) electrons. The summed E-state index contributed by atoms with van der Waals surface area (Å²) in [5, 5.41) is 4.55. The van der Waals surface area contributed by atoms with Crippen molar-refractivity contribution in [2.45, 2.75) is 0 Å². The van der Waals surface area contributed by atoms with E-state index in [1.54, 1.807) is 11.3 Å². The third kappa shape index (κ3) is 4.25. The van der Waals surface area contributed by atoms with Crippen LogP contribution in [0.15, 0.2) is 167 Å². The lowest BCUT2D eigenvalue weighted by atomic mass is 10.0. The summed E-state index contributed by atoms with van der Waals surface area (Å²) in [6.45, 7) is 0. The van der Waals surface area contributed by atoms with Crippen LogP contribution >= 0.6 is 11.3 Å². The summed E-state index contributed by atoms with van der Waals surface area (Å²) in [6, 6.07) is 54.8. The van der Waals surface area contributed by atoms with Crippen molar-refractivity contribution < 1.29 is 8.83 Å². The largest absolute Gasteiger partial charge is 0.456 e. The zero-order valence-corrected chi connectivity index (χ0v) is 26.4. The first-order valence-corrected chi connectivity index (χ1v) is 16.8. The highest BCUT2D eigenvalue weighted by Gasteiger charge is 2.20. The van der Waals surface area contributed by atoms with E-state index < -0.39 is 0 Å². The molecule has 0 bridgehead atoms. The zero-order valence-electron chi connectivity index (χ0n) is 25.6. The number of aromatic nitrogens is 1. The normalized spacial score (nSPS) is 11.8. The lowest BCUT2D eigenvalue weighted by molar-refractivity contribution is 0.623. The van der Waals surface area contributed by atoms with Gasteiger partial charge in [0.15, 0.2) is 5.58 Å². The molecule has 3 aromatic heterocycles. The summed E-state index contributed by atoms with van der Waals surface area (Å²) in [6.07, 6.45) is 0. The molecular formula is C43H26N2O2S. The highest BCUT2D eigenvalue weighted by Crippen LogP contribution is 2.46. The third-order valence-corrected chi connectivity index (χ3v) is 10.3. The van der Waals surface area contributed by atoms with Crippen LogP contribution in [-0.4, -0.2) is 4.98 Å². The van der Waals surface area contributed by atoms with E-state index in [0.717, 1.165) is 72.2 Å². The van der Waals surface area contributed by atoms with E-state index in [1.807, 2.05) is 48.5 Å². The molecule has 10 rings (SSSR count). The van der Waals surface area contributed by atoms with Gasteiger partial charge >= 0.3 is 0 Å². The number of fused-ring (bicyclic) bond motifs is 8. The predicted octanol–water partition coefficient (Wildman–Crippen LogP) is 12.9. The number of benzene rings is 7. The molecule has 10 aromatic rings. The first-order valence-electron chi connectivity index (χ1n) is 16.0. The molecule has 226 valence electrons. The van der Waals surface area contributed by atoms with E-state index in [4.69, 9.17) is 13.8 Å². The highest BCUT2D eigenvalue weighted by molar-refractivity contribution is 7.26. The Morgan fingerprint density at radius 1 is 0.500 bits per heavy atom. The molecule has 0 spiro atoms. The molecule has 0 unspecified atom stereocenters. The maximum Gasteiger partial charge on any atom is 0.227 e. The van der Waals surface area contributed by atoms with E-state index in [9.17, 15) is 0 Å². The number of thiophene rings is 1. The molecule has 0 aliphatic carbocycles. The zero-order chi connectivity index (χ0) is 31.6. The Balaban J connectivity index is 1.13. The average Bonchev–Trinajstić information content (AvgIpc) is 3.86. The van der Waals surface area contributed by atoms with Gasteiger partial charge in [0.2, 0.25) is 5.89 Å². The second-order valence-electron chi connectivity index (χ2n) is 12.0. The lowest BCUT2D eigenvalue weighted by Crippen LogP contribution is -2.09. The van der Waals surface area contributed by atoms with Crippen LogP contribution in [-0.2, 0) is 0 Å². The Hall–Kier alpha value is -6.17. The fourth-order valence-electron chi connectivity index (χ4n) is 6.86. The van der Waals surface area contributed by atoms with Crippen LogP contribution in [0, 0.1) is 0 Å². The molecule has 4 nitrogen and oxygen atoms in total. The maximum atomic E-state index is 6.50. The summed E-state index contributed by atoms with van der Waals surface area (Å²) >= 11 is 1.80. The Labute approximate surface area is 279 Å². The fraction of sp³-hybridized carbons (Fsp3) is 0. The number of hydrogen-bond acceptors (Lipinski definition) is 5. The topological polar surface area (TPSA) is 42.4 Å². The van der Waals surface area contributed by atoms with Crippen molar-refractivity contribution in [1.29, 1.82) is 0 Å². The summed E-state index contributed by atoms with van der Waals surface area (Å²) < 4.78 is 15.2. The molecule has 0 aliphatic rings. The molecule has 0 fully saturated rings. The van der Waals surface area contributed by atoms with Crippen LogP contribution in [0.4, 0.5) is 17.1 Å². The summed E-state index contributed by atoms with van der Waals surface area (Å²) in [7, 11) is 0. The van der Waals surface area contributed by atoms with Gasteiger partial charge in [-0.1, -0.05) is 84.9 Å². The van der Waals surface area contributed by atoms with E-state index in [-0.39, 0.29) is 0 Å². The predicted molar refractivity (Wildman–Crippen MR) is 200 cm³/mol. The monoisotopic (exact) mass is 634 g/mol. The smallest absolute Gasteiger partial charge is 0.227 e. The van der Waals surface area contributed by atoms with Gasteiger partial charge in [0.05, 0.1) is 0 Å². The van der Waals surface area contributed by atoms with Crippen molar-refractivity contribution in [3.63, 3.8) is 0 Å². The number of nitrogens with zero attached hydrogens (tertiary/aromatic N) is 2. The van der Waals surface area contributed by atoms with Gasteiger partial charge < -0.3 is 13.7 Å². The molecule has 0 saturated heterocycles. The van der Waals surface area contributed by atoms with E-state index >= 15 is 0 Å². The standard InChI is InChI=1S/C43H26N2O2S/c1-3-11-28(12-4-1)43-44-36-26-35(42-40(41(36)47-43)34-16-8-10-18-39(34)48-42)27-19-21-30(22-20-27)45(29-13-5-2-6-14-29)31-23-24-33-32-15-7-9-17-37(32)46-38(33)25-31/h1-26H. The molecule has 0 saturated carbocycles. The fourth-order valence-corrected chi connectivity index (χ4v) is 8.10. The highest BCUT2D eigenvalue weighted by atomic mass is 32.1. The number of anilines is 3. The number of rotatable bonds is 5. The number of furan rings is 1. The van der Waals surface area contributed by atoms with Crippen molar-refractivity contribution >= 4 is 81.6 Å². The van der Waals surface area contributed by atoms with Crippen LogP contribution in [0.3, 0.4) is 0 Å². The van der Waals surface area contributed by atoms with Crippen LogP contribution in [0.1, 0.15) is 0 Å². The van der Waals surface area contributed by atoms with Gasteiger partial charge in [-0.15, -0.1) is 11.3 Å². The molecule has 5 heteroatoms. The van der Waals surface area contributed by atoms with Crippen molar-refractivity contribution in [2.24, 2.45) is 0 Å². The molecule has 0 amide bonds. The quantitative estimate of drug-likeness (QED) is 0.189. The molecule has 0 N–H and O–H groups in total. The Morgan fingerprint density at radius 2 is 1.17 bits per heavy atom. The summed E-state index contributed by atoms with van der Waals surface area (Å²) in [4.78, 5) is 7.27. The van der Waals surface area contributed by atoms with Crippen molar-refractivity contribution in [3.8, 4) is 22.6 Å². The van der Waals surface area contributed by atoms with Crippen LogP contribution in [0.5, 0.6) is 0 Å². The minimum absolute atomic E-state index is 0.634. The van der Waals surface area contributed by atoms with Crippen LogP contribution in [0.2, 0.25) is 0 Å². The minimum Gasteiger partial charge on any atom is -0.456 e. The van der Waals surface area contributed by atoms with Gasteiger partial charge in [-0.3, -0.25) is 0 Å². The van der Waals surface area contributed by atoms with E-state index in [1.165, 1.54) is 14.8 Å². The Bertz CT molecular complexity index is 2780. The molecule has 0 aliphatic heterocycles. The second-order valence-corrected chi connectivity index (χ2v) is 13.0. The number of oxazole rings is 1. The van der Waals surface area contributed by atoms with Crippen molar-refractivity contribution in [1.82, 2.24) is 4.98 Å².